The molecular weight excluding hydrogens is 1010 g/mol. The molecule has 0 spiro atoms. The van der Waals surface area contributed by atoms with E-state index in [9.17, 15) is 19.0 Å². The van der Waals surface area contributed by atoms with E-state index in [-0.39, 0.29) is 32.0 Å². The molecule has 0 aromatic carbocycles. The van der Waals surface area contributed by atoms with E-state index in [1.165, 1.54) is 205 Å². The number of carbonyl (C=O) groups is 2. The number of allylic oxidation sites excluding steroid dienone is 14. The van der Waals surface area contributed by atoms with Crippen LogP contribution in [0.25, 0.3) is 0 Å². The summed E-state index contributed by atoms with van der Waals surface area (Å²) < 4.78 is 34.5. The van der Waals surface area contributed by atoms with E-state index in [4.69, 9.17) is 18.5 Å². The number of quaternary nitrogens is 1. The Morgan fingerprint density at radius 3 is 1.11 bits per heavy atom. The van der Waals surface area contributed by atoms with Crippen molar-refractivity contribution < 1.29 is 42.1 Å². The highest BCUT2D eigenvalue weighted by Crippen LogP contribution is 2.43. The number of likely N-dealkylation sites (N-methyl/N-ethyl adjacent to an activating group) is 1. The lowest BCUT2D eigenvalue weighted by atomic mass is 10.0. The van der Waals surface area contributed by atoms with Crippen molar-refractivity contribution in [2.75, 3.05) is 47.5 Å². The monoisotopic (exact) mass is 1140 g/mol. The second-order valence-electron chi connectivity index (χ2n) is 23.5. The van der Waals surface area contributed by atoms with E-state index in [0.717, 1.165) is 57.8 Å². The molecule has 0 aliphatic carbocycles. The van der Waals surface area contributed by atoms with E-state index in [2.05, 4.69) is 86.8 Å². The molecule has 0 aromatic rings. The van der Waals surface area contributed by atoms with E-state index < -0.39 is 26.5 Å². The van der Waals surface area contributed by atoms with Crippen molar-refractivity contribution in [3.8, 4) is 0 Å². The maximum absolute atomic E-state index is 12.8. The van der Waals surface area contributed by atoms with E-state index in [1.807, 2.05) is 33.3 Å². The molecule has 0 heterocycles. The molecule has 2 atom stereocenters. The number of carbonyl (C=O) groups excluding carboxylic acids is 2. The van der Waals surface area contributed by atoms with Crippen molar-refractivity contribution in [2.45, 2.75) is 302 Å². The quantitative estimate of drug-likeness (QED) is 0.0211. The van der Waals surface area contributed by atoms with Gasteiger partial charge in [-0.1, -0.05) is 292 Å². The van der Waals surface area contributed by atoms with Crippen molar-refractivity contribution in [1.82, 2.24) is 0 Å². The predicted molar refractivity (Wildman–Crippen MR) is 344 cm³/mol. The van der Waals surface area contributed by atoms with Gasteiger partial charge in [0, 0.05) is 12.8 Å². The summed E-state index contributed by atoms with van der Waals surface area (Å²) in [4.78, 5) is 35.7. The van der Waals surface area contributed by atoms with Gasteiger partial charge in [-0.15, -0.1) is 0 Å². The second-order valence-corrected chi connectivity index (χ2v) is 24.9. The molecule has 0 amide bonds. The molecule has 0 fully saturated rings. The molecule has 2 unspecified atom stereocenters. The Balaban J connectivity index is 4.00. The Morgan fingerprint density at radius 2 is 0.738 bits per heavy atom. The van der Waals surface area contributed by atoms with Gasteiger partial charge in [0.25, 0.3) is 0 Å². The van der Waals surface area contributed by atoms with Gasteiger partial charge < -0.3 is 18.9 Å². The van der Waals surface area contributed by atoms with Crippen LogP contribution in [0.4, 0.5) is 0 Å². The van der Waals surface area contributed by atoms with E-state index in [1.54, 1.807) is 0 Å². The average Bonchev–Trinajstić information content (AvgIpc) is 3.42. The fourth-order valence-electron chi connectivity index (χ4n) is 9.33. The molecular formula is C70H127NO8P+. The first kappa shape index (κ1) is 77.2. The zero-order chi connectivity index (χ0) is 58.4. The molecule has 0 rings (SSSR count). The van der Waals surface area contributed by atoms with E-state index >= 15 is 0 Å². The van der Waals surface area contributed by atoms with Crippen molar-refractivity contribution >= 4 is 19.8 Å². The Labute approximate surface area is 494 Å². The number of phosphoric acid groups is 1. The van der Waals surface area contributed by atoms with Gasteiger partial charge in [0.1, 0.15) is 19.8 Å². The van der Waals surface area contributed by atoms with Crippen molar-refractivity contribution in [1.29, 1.82) is 0 Å². The molecule has 0 bridgehead atoms. The number of hydrogen-bond donors (Lipinski definition) is 1. The lowest BCUT2D eigenvalue weighted by Gasteiger charge is -2.24. The lowest BCUT2D eigenvalue weighted by molar-refractivity contribution is -0.870. The van der Waals surface area contributed by atoms with Crippen LogP contribution in [0, 0.1) is 0 Å². The van der Waals surface area contributed by atoms with Gasteiger partial charge in [0.15, 0.2) is 6.10 Å². The maximum Gasteiger partial charge on any atom is 0.472 e. The molecule has 0 aromatic heterocycles. The van der Waals surface area contributed by atoms with Crippen LogP contribution in [-0.4, -0.2) is 74.9 Å². The molecule has 464 valence electrons. The number of ether oxygens (including phenoxy) is 2. The molecule has 80 heavy (non-hydrogen) atoms. The van der Waals surface area contributed by atoms with Crippen LogP contribution < -0.4 is 0 Å². The molecule has 0 radical (unpaired) electrons. The number of nitrogens with zero attached hydrogens (tertiary/aromatic N) is 1. The first-order valence-corrected chi connectivity index (χ1v) is 34.8. The zero-order valence-corrected chi connectivity index (χ0v) is 53.7. The van der Waals surface area contributed by atoms with Gasteiger partial charge in [0.05, 0.1) is 27.7 Å². The number of unbranched alkanes of at least 4 members (excludes halogenated alkanes) is 33. The Kier molecular flexibility index (Phi) is 58.6. The fourth-order valence-corrected chi connectivity index (χ4v) is 10.1. The molecule has 1 N–H and O–H groups in total. The predicted octanol–water partition coefficient (Wildman–Crippen LogP) is 21.4. The zero-order valence-electron chi connectivity index (χ0n) is 52.8. The van der Waals surface area contributed by atoms with Gasteiger partial charge in [-0.05, 0) is 77.0 Å². The van der Waals surface area contributed by atoms with Crippen LogP contribution in [0.15, 0.2) is 85.1 Å². The minimum absolute atomic E-state index is 0.0156. The number of rotatable bonds is 61. The van der Waals surface area contributed by atoms with Crippen LogP contribution in [0.1, 0.15) is 296 Å². The highest BCUT2D eigenvalue weighted by atomic mass is 31.2. The summed E-state index contributed by atoms with van der Waals surface area (Å²) in [6, 6.07) is 0. The van der Waals surface area contributed by atoms with Gasteiger partial charge in [0.2, 0.25) is 0 Å². The number of phosphoric ester groups is 1. The Bertz CT molecular complexity index is 1630. The van der Waals surface area contributed by atoms with Crippen LogP contribution in [0.5, 0.6) is 0 Å². The van der Waals surface area contributed by atoms with Crippen LogP contribution in [-0.2, 0) is 32.7 Å². The SMILES string of the molecule is CC/C=C\C/C=C\C/C=C\C/C=C\C/C=C\C/C=C\CCC(=O)OC(COC(=O)CCCCCCCCCCCCCCCCCCCCCCCCCCC/C=C\CCCCCCCCCC)COP(=O)(O)OCC[N+](C)(C)C. The number of esters is 2. The topological polar surface area (TPSA) is 108 Å². The molecule has 10 heteroatoms. The third-order valence-electron chi connectivity index (χ3n) is 14.4. The lowest BCUT2D eigenvalue weighted by Crippen LogP contribution is -2.37. The summed E-state index contributed by atoms with van der Waals surface area (Å²) in [5.41, 5.74) is 0. The standard InChI is InChI=1S/C70H126NO8P/c1-6-8-10-12-14-16-18-20-22-24-26-27-28-29-30-31-32-33-34-35-36-37-38-39-40-41-42-43-45-46-48-50-52-54-56-58-60-62-69(72)76-66-68(67-78-80(74,75)77-65-64-71(3,4)5)79-70(73)63-61-59-57-55-53-51-49-47-44-25-23-21-19-17-15-13-11-9-7-2/h9,11,15,17,21,23-24,26,44,47,51,53,57,59,68H,6-8,10,12-14,16,18-20,22,25,27-43,45-46,48-50,52,54-56,58,60-67H2,1-5H3/p+1/b11-9-,17-15-,23-21-,26-24-,47-44-,53-51-,59-57-. The summed E-state index contributed by atoms with van der Waals surface area (Å²) in [6.45, 7) is 4.25. The summed E-state index contributed by atoms with van der Waals surface area (Å²) in [5, 5.41) is 0. The van der Waals surface area contributed by atoms with Gasteiger partial charge in [-0.3, -0.25) is 18.6 Å². The summed E-state index contributed by atoms with van der Waals surface area (Å²) in [5.74, 6) is -0.890. The average molecular weight is 1140 g/mol. The fraction of sp³-hybridized carbons (Fsp3) is 0.771. The molecule has 0 saturated heterocycles. The minimum Gasteiger partial charge on any atom is -0.462 e. The van der Waals surface area contributed by atoms with Crippen molar-refractivity contribution in [2.24, 2.45) is 0 Å². The molecule has 0 aliphatic rings. The highest BCUT2D eigenvalue weighted by molar-refractivity contribution is 7.47. The van der Waals surface area contributed by atoms with Crippen LogP contribution >= 0.6 is 7.82 Å². The summed E-state index contributed by atoms with van der Waals surface area (Å²) in [7, 11) is 1.43. The van der Waals surface area contributed by atoms with Gasteiger partial charge in [-0.2, -0.15) is 0 Å². The van der Waals surface area contributed by atoms with Gasteiger partial charge in [-0.25, -0.2) is 4.57 Å². The van der Waals surface area contributed by atoms with Gasteiger partial charge >= 0.3 is 19.8 Å². The Morgan fingerprint density at radius 1 is 0.400 bits per heavy atom. The smallest absolute Gasteiger partial charge is 0.462 e. The second kappa shape index (κ2) is 60.8. The highest BCUT2D eigenvalue weighted by Gasteiger charge is 2.27. The third kappa shape index (κ3) is 64.4. The molecule has 0 aliphatic heterocycles. The maximum atomic E-state index is 12.8. The number of hydrogen-bond acceptors (Lipinski definition) is 7. The largest absolute Gasteiger partial charge is 0.472 e. The minimum atomic E-state index is -4.41. The first-order valence-electron chi connectivity index (χ1n) is 33.3. The summed E-state index contributed by atoms with van der Waals surface area (Å²) in [6.07, 6.45) is 83.0. The van der Waals surface area contributed by atoms with E-state index in [0.29, 0.717) is 17.4 Å². The molecule has 9 nitrogen and oxygen atoms in total. The van der Waals surface area contributed by atoms with Crippen molar-refractivity contribution in [3.63, 3.8) is 0 Å². The summed E-state index contributed by atoms with van der Waals surface area (Å²) >= 11 is 0. The Hall–Kier alpha value is -2.81. The normalized spacial score (nSPS) is 13.7. The van der Waals surface area contributed by atoms with Crippen LogP contribution in [0.2, 0.25) is 0 Å². The van der Waals surface area contributed by atoms with Crippen molar-refractivity contribution in [3.05, 3.63) is 85.1 Å². The molecule has 0 saturated carbocycles. The van der Waals surface area contributed by atoms with Crippen LogP contribution in [0.3, 0.4) is 0 Å². The third-order valence-corrected chi connectivity index (χ3v) is 15.4. The first-order chi connectivity index (χ1) is 39.0.